The Labute approximate surface area is 182 Å². The van der Waals surface area contributed by atoms with Crippen molar-refractivity contribution in [3.05, 3.63) is 23.8 Å². The number of fused-ring (bicyclic) bond motifs is 3. The normalized spacial score (nSPS) is 26.1. The molecule has 2 bridgehead atoms. The van der Waals surface area contributed by atoms with Crippen LogP contribution in [0, 0.1) is 17.8 Å². The predicted molar refractivity (Wildman–Crippen MR) is 107 cm³/mol. The molecule has 4 rings (SSSR count). The number of esters is 1. The fraction of sp³-hybridized carbons (Fsp3) is 0.545. The Hall–Kier alpha value is -2.91. The van der Waals surface area contributed by atoms with Crippen molar-refractivity contribution in [1.29, 1.82) is 0 Å². The number of amides is 2. The van der Waals surface area contributed by atoms with Gasteiger partial charge in [-0.15, -0.1) is 0 Å². The molecule has 3 unspecified atom stereocenters. The minimum atomic E-state index is -4.60. The molecule has 2 amide bonds. The lowest BCUT2D eigenvalue weighted by atomic mass is 9.67. The fourth-order valence-electron chi connectivity index (χ4n) is 4.88. The third kappa shape index (κ3) is 4.22. The molecule has 7 nitrogen and oxygen atoms in total. The Bertz CT molecular complexity index is 961. The highest BCUT2D eigenvalue weighted by Crippen LogP contribution is 2.41. The van der Waals surface area contributed by atoms with Crippen molar-refractivity contribution in [3.8, 4) is 0 Å². The number of alkyl halides is 3. The average Bonchev–Trinajstić information content (AvgIpc) is 2.71. The highest BCUT2D eigenvalue weighted by Gasteiger charge is 2.43. The molecule has 2 fully saturated rings. The molecule has 10 heteroatoms. The van der Waals surface area contributed by atoms with Crippen LogP contribution in [-0.2, 0) is 30.1 Å². The van der Waals surface area contributed by atoms with Gasteiger partial charge in [-0.3, -0.25) is 24.1 Å². The number of carbonyl (C=O) groups is 4. The van der Waals surface area contributed by atoms with Crippen molar-refractivity contribution in [1.82, 2.24) is 0 Å². The van der Waals surface area contributed by atoms with Gasteiger partial charge in [0.15, 0.2) is 6.10 Å². The van der Waals surface area contributed by atoms with E-state index in [2.05, 4.69) is 5.32 Å². The molecule has 1 aromatic carbocycles. The van der Waals surface area contributed by atoms with Crippen molar-refractivity contribution >= 4 is 34.9 Å². The van der Waals surface area contributed by atoms with Crippen LogP contribution in [-0.4, -0.2) is 36.2 Å². The number of halogens is 3. The number of anilines is 2. The third-order valence-electron chi connectivity index (χ3n) is 6.48. The second kappa shape index (κ2) is 8.22. The number of benzene rings is 1. The Balaban J connectivity index is 1.47. The first-order valence-electron chi connectivity index (χ1n) is 10.6. The van der Waals surface area contributed by atoms with Gasteiger partial charge in [-0.1, -0.05) is 6.42 Å². The van der Waals surface area contributed by atoms with Crippen molar-refractivity contribution in [2.24, 2.45) is 17.8 Å². The topological polar surface area (TPSA) is 92.8 Å². The number of ketones is 1. The van der Waals surface area contributed by atoms with Gasteiger partial charge in [0.25, 0.3) is 5.91 Å². The molecule has 1 aromatic rings. The number of rotatable bonds is 3. The Morgan fingerprint density at radius 2 is 1.81 bits per heavy atom. The van der Waals surface area contributed by atoms with E-state index in [-0.39, 0.29) is 29.0 Å². The molecular weight excluding hydrogens is 429 g/mol. The number of nitrogens with one attached hydrogen (secondary N) is 1. The maximum Gasteiger partial charge on any atom is 0.416 e. The highest BCUT2D eigenvalue weighted by atomic mass is 19.4. The van der Waals surface area contributed by atoms with E-state index in [0.29, 0.717) is 12.8 Å². The third-order valence-corrected chi connectivity index (χ3v) is 6.48. The van der Waals surface area contributed by atoms with Crippen LogP contribution in [0.25, 0.3) is 0 Å². The summed E-state index contributed by atoms with van der Waals surface area (Å²) in [5, 5.41) is 2.34. The SMILES string of the molecule is CC(OC(=O)C1CC2CCCC(C1)C2=O)C(=O)N1CC(=O)Nc2cc(C(F)(F)F)ccc21. The minimum absolute atomic E-state index is 0.100. The zero-order valence-corrected chi connectivity index (χ0v) is 17.4. The van der Waals surface area contributed by atoms with Gasteiger partial charge >= 0.3 is 12.1 Å². The van der Waals surface area contributed by atoms with E-state index >= 15 is 0 Å². The summed E-state index contributed by atoms with van der Waals surface area (Å²) in [6.45, 7) is 0.965. The standard InChI is InChI=1S/C22H23F3N2O5/c1-11(32-21(31)14-7-12-3-2-4-13(8-14)19(12)29)20(30)27-10-18(28)26-16-9-15(22(23,24)25)5-6-17(16)27/h5-6,9,11-14H,2-4,7-8,10H2,1H3,(H,26,28). The second-order valence-electron chi connectivity index (χ2n) is 8.68. The van der Waals surface area contributed by atoms with Crippen LogP contribution >= 0.6 is 0 Å². The Morgan fingerprint density at radius 3 is 2.44 bits per heavy atom. The van der Waals surface area contributed by atoms with Gasteiger partial charge < -0.3 is 10.1 Å². The predicted octanol–water partition coefficient (Wildman–Crippen LogP) is 3.32. The molecule has 172 valence electrons. The van der Waals surface area contributed by atoms with E-state index in [1.165, 1.54) is 6.92 Å². The number of ether oxygens (including phenoxy) is 1. The zero-order chi connectivity index (χ0) is 23.2. The Morgan fingerprint density at radius 1 is 1.16 bits per heavy atom. The van der Waals surface area contributed by atoms with E-state index in [0.717, 1.165) is 42.4 Å². The summed E-state index contributed by atoms with van der Waals surface area (Å²) in [7, 11) is 0. The van der Waals surface area contributed by atoms with Gasteiger partial charge in [0.1, 0.15) is 12.3 Å². The average molecular weight is 452 g/mol. The van der Waals surface area contributed by atoms with E-state index in [9.17, 15) is 32.3 Å². The van der Waals surface area contributed by atoms with Crippen molar-refractivity contribution in [2.45, 2.75) is 51.3 Å². The van der Waals surface area contributed by atoms with Gasteiger partial charge in [0.2, 0.25) is 5.91 Å². The van der Waals surface area contributed by atoms with Crippen molar-refractivity contribution in [2.75, 3.05) is 16.8 Å². The number of carbonyl (C=O) groups excluding carboxylic acids is 4. The molecule has 1 heterocycles. The molecule has 2 saturated carbocycles. The first-order valence-corrected chi connectivity index (χ1v) is 10.6. The first-order chi connectivity index (χ1) is 15.0. The van der Waals surface area contributed by atoms with Crippen molar-refractivity contribution < 1.29 is 37.1 Å². The molecule has 1 aliphatic heterocycles. The maximum absolute atomic E-state index is 13.0. The van der Waals surface area contributed by atoms with Crippen LogP contribution in [0.1, 0.15) is 44.6 Å². The Kier molecular flexibility index (Phi) is 5.72. The summed E-state index contributed by atoms with van der Waals surface area (Å²) in [6.07, 6.45) is -2.55. The molecule has 3 atom stereocenters. The van der Waals surface area contributed by atoms with Crippen LogP contribution in [0.4, 0.5) is 24.5 Å². The molecule has 0 aromatic heterocycles. The molecule has 1 N–H and O–H groups in total. The number of hydrogen-bond donors (Lipinski definition) is 1. The zero-order valence-electron chi connectivity index (χ0n) is 17.4. The lowest BCUT2D eigenvalue weighted by Crippen LogP contribution is -2.48. The summed E-state index contributed by atoms with van der Waals surface area (Å²) in [4.78, 5) is 50.9. The summed E-state index contributed by atoms with van der Waals surface area (Å²) in [6, 6.07) is 2.70. The number of nitrogens with zero attached hydrogens (tertiary/aromatic N) is 1. The molecule has 32 heavy (non-hydrogen) atoms. The first kappa shape index (κ1) is 22.3. The van der Waals surface area contributed by atoms with E-state index in [4.69, 9.17) is 4.74 Å². The largest absolute Gasteiger partial charge is 0.452 e. The second-order valence-corrected chi connectivity index (χ2v) is 8.68. The summed E-state index contributed by atoms with van der Waals surface area (Å²) < 4.78 is 44.4. The van der Waals surface area contributed by atoms with Gasteiger partial charge in [0.05, 0.1) is 22.9 Å². The van der Waals surface area contributed by atoms with Gasteiger partial charge in [-0.25, -0.2) is 0 Å². The minimum Gasteiger partial charge on any atom is -0.452 e. The van der Waals surface area contributed by atoms with E-state index < -0.39 is 48.1 Å². The molecule has 3 aliphatic rings. The van der Waals surface area contributed by atoms with E-state index in [1.807, 2.05) is 0 Å². The monoisotopic (exact) mass is 452 g/mol. The van der Waals surface area contributed by atoms with Crippen molar-refractivity contribution in [3.63, 3.8) is 0 Å². The lowest BCUT2D eigenvalue weighted by Gasteiger charge is -2.37. The molecule has 0 spiro atoms. The van der Waals surface area contributed by atoms with Gasteiger partial charge in [-0.2, -0.15) is 13.2 Å². The molecule has 0 saturated heterocycles. The summed E-state index contributed by atoms with van der Waals surface area (Å²) in [5.41, 5.74) is -0.993. The van der Waals surface area contributed by atoms with Crippen LogP contribution in [0.5, 0.6) is 0 Å². The van der Waals surface area contributed by atoms with Crippen LogP contribution in [0.15, 0.2) is 18.2 Å². The highest BCUT2D eigenvalue weighted by molar-refractivity contribution is 6.11. The van der Waals surface area contributed by atoms with Gasteiger partial charge in [0, 0.05) is 11.8 Å². The summed E-state index contributed by atoms with van der Waals surface area (Å²) >= 11 is 0. The molecular formula is C22H23F3N2O5. The van der Waals surface area contributed by atoms with E-state index in [1.54, 1.807) is 0 Å². The quantitative estimate of drug-likeness (QED) is 0.711. The van der Waals surface area contributed by atoms with Crippen LogP contribution in [0.3, 0.4) is 0 Å². The van der Waals surface area contributed by atoms with Gasteiger partial charge in [-0.05, 0) is 50.8 Å². The fourth-order valence-corrected chi connectivity index (χ4v) is 4.88. The number of Topliss-reactive ketones (excluding diaryl/α,β-unsaturated/α-hetero) is 1. The molecule has 0 radical (unpaired) electrons. The molecule has 2 aliphatic carbocycles. The summed E-state index contributed by atoms with van der Waals surface area (Å²) in [5.74, 6) is -2.48. The lowest BCUT2D eigenvalue weighted by molar-refractivity contribution is -0.161. The van der Waals surface area contributed by atoms with Crippen LogP contribution < -0.4 is 10.2 Å². The van der Waals surface area contributed by atoms with Crippen LogP contribution in [0.2, 0.25) is 0 Å². The smallest absolute Gasteiger partial charge is 0.416 e. The number of hydrogen-bond acceptors (Lipinski definition) is 5. The maximum atomic E-state index is 13.0.